The van der Waals surface area contributed by atoms with Gasteiger partial charge in [-0.05, 0) is 22.4 Å². The molecule has 1 aromatic heterocycles. The SMILES string of the molecule is CCc1nc(Br)cc(NCC2CCC(=O)N2)n1. The van der Waals surface area contributed by atoms with Gasteiger partial charge >= 0.3 is 0 Å². The lowest BCUT2D eigenvalue weighted by atomic mass is 10.2. The van der Waals surface area contributed by atoms with Crippen molar-refractivity contribution in [3.63, 3.8) is 0 Å². The van der Waals surface area contributed by atoms with E-state index in [-0.39, 0.29) is 11.9 Å². The van der Waals surface area contributed by atoms with Gasteiger partial charge in [-0.3, -0.25) is 4.79 Å². The van der Waals surface area contributed by atoms with Crippen molar-refractivity contribution in [3.8, 4) is 0 Å². The summed E-state index contributed by atoms with van der Waals surface area (Å²) < 4.78 is 0.780. The lowest BCUT2D eigenvalue weighted by Crippen LogP contribution is -2.32. The predicted molar refractivity (Wildman–Crippen MR) is 68.8 cm³/mol. The second kappa shape index (κ2) is 5.44. The van der Waals surface area contributed by atoms with Crippen molar-refractivity contribution in [1.29, 1.82) is 0 Å². The zero-order valence-electron chi connectivity index (χ0n) is 9.66. The first-order valence-electron chi connectivity index (χ1n) is 5.74. The van der Waals surface area contributed by atoms with Gasteiger partial charge in [-0.15, -0.1) is 0 Å². The van der Waals surface area contributed by atoms with Crippen molar-refractivity contribution in [1.82, 2.24) is 15.3 Å². The standard InChI is InChI=1S/C11H15BrN4O/c1-2-9-15-8(12)5-10(16-9)13-6-7-3-4-11(17)14-7/h5,7H,2-4,6H2,1H3,(H,14,17)(H,13,15,16). The van der Waals surface area contributed by atoms with Crippen LogP contribution in [0.1, 0.15) is 25.6 Å². The molecule has 1 aliphatic rings. The zero-order valence-corrected chi connectivity index (χ0v) is 11.2. The van der Waals surface area contributed by atoms with Gasteiger partial charge in [0.25, 0.3) is 0 Å². The van der Waals surface area contributed by atoms with E-state index in [2.05, 4.69) is 36.5 Å². The van der Waals surface area contributed by atoms with E-state index in [1.165, 1.54) is 0 Å². The second-order valence-electron chi connectivity index (χ2n) is 4.03. The number of nitrogens with zero attached hydrogens (tertiary/aromatic N) is 2. The van der Waals surface area contributed by atoms with Gasteiger partial charge in [0.1, 0.15) is 16.2 Å². The summed E-state index contributed by atoms with van der Waals surface area (Å²) in [6.07, 6.45) is 2.31. The maximum atomic E-state index is 11.0. The first kappa shape index (κ1) is 12.3. The van der Waals surface area contributed by atoms with E-state index in [9.17, 15) is 4.79 Å². The van der Waals surface area contributed by atoms with E-state index in [0.717, 1.165) is 29.1 Å². The third-order valence-corrected chi connectivity index (χ3v) is 3.08. The highest BCUT2D eigenvalue weighted by molar-refractivity contribution is 9.10. The van der Waals surface area contributed by atoms with Gasteiger partial charge in [0.2, 0.25) is 5.91 Å². The Bertz CT molecular complexity index is 424. The molecule has 0 bridgehead atoms. The van der Waals surface area contributed by atoms with Gasteiger partial charge in [-0.1, -0.05) is 6.92 Å². The topological polar surface area (TPSA) is 66.9 Å². The van der Waals surface area contributed by atoms with E-state index >= 15 is 0 Å². The van der Waals surface area contributed by atoms with E-state index in [4.69, 9.17) is 0 Å². The van der Waals surface area contributed by atoms with Gasteiger partial charge in [0, 0.05) is 31.5 Å². The van der Waals surface area contributed by atoms with E-state index in [1.807, 2.05) is 13.0 Å². The fourth-order valence-electron chi connectivity index (χ4n) is 1.77. The van der Waals surface area contributed by atoms with Crippen LogP contribution in [0, 0.1) is 0 Å². The first-order chi connectivity index (χ1) is 8.17. The first-order valence-corrected chi connectivity index (χ1v) is 6.53. The molecule has 0 spiro atoms. The highest BCUT2D eigenvalue weighted by Gasteiger charge is 2.20. The maximum absolute atomic E-state index is 11.0. The number of nitrogens with one attached hydrogen (secondary N) is 2. The highest BCUT2D eigenvalue weighted by atomic mass is 79.9. The van der Waals surface area contributed by atoms with Gasteiger partial charge in [0.15, 0.2) is 0 Å². The summed E-state index contributed by atoms with van der Waals surface area (Å²) in [4.78, 5) is 19.7. The summed E-state index contributed by atoms with van der Waals surface area (Å²) >= 11 is 3.36. The van der Waals surface area contributed by atoms with Gasteiger partial charge in [-0.25, -0.2) is 9.97 Å². The Balaban J connectivity index is 1.94. The number of carbonyl (C=O) groups excluding carboxylic acids is 1. The molecule has 5 nitrogen and oxygen atoms in total. The lowest BCUT2D eigenvalue weighted by Gasteiger charge is -2.12. The summed E-state index contributed by atoms with van der Waals surface area (Å²) in [5.74, 6) is 1.73. The number of aryl methyl sites for hydroxylation is 1. The van der Waals surface area contributed by atoms with Crippen LogP contribution in [0.2, 0.25) is 0 Å². The Labute approximate surface area is 109 Å². The Hall–Kier alpha value is -1.17. The average molecular weight is 299 g/mol. The Morgan fingerprint density at radius 1 is 1.59 bits per heavy atom. The van der Waals surface area contributed by atoms with Crippen LogP contribution in [-0.4, -0.2) is 28.5 Å². The molecule has 0 radical (unpaired) electrons. The number of hydrogen-bond acceptors (Lipinski definition) is 4. The van der Waals surface area contributed by atoms with Crippen LogP contribution in [0.25, 0.3) is 0 Å². The largest absolute Gasteiger partial charge is 0.368 e. The zero-order chi connectivity index (χ0) is 12.3. The van der Waals surface area contributed by atoms with Crippen LogP contribution in [0.5, 0.6) is 0 Å². The van der Waals surface area contributed by atoms with Gasteiger partial charge in [0.05, 0.1) is 0 Å². The average Bonchev–Trinajstić information content (AvgIpc) is 2.72. The third kappa shape index (κ3) is 3.39. The molecule has 1 amide bonds. The fourth-order valence-corrected chi connectivity index (χ4v) is 2.19. The number of hydrogen-bond donors (Lipinski definition) is 2. The number of amides is 1. The van der Waals surface area contributed by atoms with Crippen LogP contribution < -0.4 is 10.6 Å². The van der Waals surface area contributed by atoms with Crippen LogP contribution in [-0.2, 0) is 11.2 Å². The molecule has 2 N–H and O–H groups in total. The molecule has 2 heterocycles. The fraction of sp³-hybridized carbons (Fsp3) is 0.545. The summed E-state index contributed by atoms with van der Waals surface area (Å²) in [5, 5.41) is 6.14. The number of carbonyl (C=O) groups is 1. The molecule has 2 rings (SSSR count). The normalized spacial score (nSPS) is 19.2. The molecule has 0 aliphatic carbocycles. The molecule has 6 heteroatoms. The Kier molecular flexibility index (Phi) is 3.93. The highest BCUT2D eigenvalue weighted by Crippen LogP contribution is 2.14. The van der Waals surface area contributed by atoms with Crippen molar-refractivity contribution >= 4 is 27.7 Å². The molecule has 1 aliphatic heterocycles. The van der Waals surface area contributed by atoms with Crippen molar-refractivity contribution in [3.05, 3.63) is 16.5 Å². The minimum atomic E-state index is 0.134. The summed E-state index contributed by atoms with van der Waals surface area (Å²) in [7, 11) is 0. The molecule has 1 unspecified atom stereocenters. The van der Waals surface area contributed by atoms with Gasteiger partial charge < -0.3 is 10.6 Å². The van der Waals surface area contributed by atoms with Crippen LogP contribution in [0.3, 0.4) is 0 Å². The molecule has 1 aromatic rings. The monoisotopic (exact) mass is 298 g/mol. The minimum absolute atomic E-state index is 0.134. The quantitative estimate of drug-likeness (QED) is 0.827. The summed E-state index contributed by atoms with van der Waals surface area (Å²) in [6.45, 7) is 2.72. The predicted octanol–water partition coefficient (Wildman–Crippen LogP) is 1.49. The molecule has 0 aromatic carbocycles. The molecular weight excluding hydrogens is 284 g/mol. The molecule has 1 atom stereocenters. The maximum Gasteiger partial charge on any atom is 0.220 e. The molecule has 1 fully saturated rings. The van der Waals surface area contributed by atoms with Crippen molar-refractivity contribution in [2.24, 2.45) is 0 Å². The molecule has 0 saturated carbocycles. The van der Waals surface area contributed by atoms with E-state index < -0.39 is 0 Å². The van der Waals surface area contributed by atoms with E-state index in [0.29, 0.717) is 13.0 Å². The van der Waals surface area contributed by atoms with Crippen LogP contribution in [0.15, 0.2) is 10.7 Å². The van der Waals surface area contributed by atoms with Crippen LogP contribution >= 0.6 is 15.9 Å². The van der Waals surface area contributed by atoms with E-state index in [1.54, 1.807) is 0 Å². The summed E-state index contributed by atoms with van der Waals surface area (Å²) in [5.41, 5.74) is 0. The van der Waals surface area contributed by atoms with Crippen LogP contribution in [0.4, 0.5) is 5.82 Å². The van der Waals surface area contributed by atoms with Gasteiger partial charge in [-0.2, -0.15) is 0 Å². The Morgan fingerprint density at radius 3 is 3.06 bits per heavy atom. The molecule has 17 heavy (non-hydrogen) atoms. The van der Waals surface area contributed by atoms with Crippen molar-refractivity contribution in [2.45, 2.75) is 32.2 Å². The smallest absolute Gasteiger partial charge is 0.220 e. The third-order valence-electron chi connectivity index (χ3n) is 2.67. The minimum Gasteiger partial charge on any atom is -0.368 e. The van der Waals surface area contributed by atoms with Crippen molar-refractivity contribution < 1.29 is 4.79 Å². The number of halogens is 1. The molecule has 92 valence electrons. The number of aromatic nitrogens is 2. The molecule has 1 saturated heterocycles. The number of anilines is 1. The second-order valence-corrected chi connectivity index (χ2v) is 4.84. The van der Waals surface area contributed by atoms with Crippen molar-refractivity contribution in [2.75, 3.05) is 11.9 Å². The summed E-state index contributed by atoms with van der Waals surface area (Å²) in [6, 6.07) is 2.05. The molecular formula is C11H15BrN4O. The Morgan fingerprint density at radius 2 is 2.41 bits per heavy atom. The lowest BCUT2D eigenvalue weighted by molar-refractivity contribution is -0.119. The number of rotatable bonds is 4.